The molecule has 13 heteroatoms. The molecular formula is C22H19F4N5O3S. The van der Waals surface area contributed by atoms with E-state index in [4.69, 9.17) is 9.15 Å². The Bertz CT molecular complexity index is 1390. The maximum atomic E-state index is 14.6. The highest BCUT2D eigenvalue weighted by atomic mass is 32.1. The molecule has 4 heterocycles. The first-order valence-electron chi connectivity index (χ1n) is 10.8. The van der Waals surface area contributed by atoms with E-state index in [1.807, 2.05) is 4.90 Å². The Morgan fingerprint density at radius 3 is 2.77 bits per heavy atom. The van der Waals surface area contributed by atoms with Crippen molar-refractivity contribution in [3.63, 3.8) is 0 Å². The molecule has 4 aromatic rings. The van der Waals surface area contributed by atoms with Crippen LogP contribution in [0, 0.1) is 5.82 Å². The molecule has 0 saturated carbocycles. The van der Waals surface area contributed by atoms with Gasteiger partial charge in [-0.1, -0.05) is 0 Å². The summed E-state index contributed by atoms with van der Waals surface area (Å²) in [6.45, 7) is -0.693. The minimum atomic E-state index is -4.45. The van der Waals surface area contributed by atoms with Gasteiger partial charge in [-0.25, -0.2) is 9.37 Å². The molecule has 0 radical (unpaired) electrons. The van der Waals surface area contributed by atoms with Crippen LogP contribution in [0.2, 0.25) is 0 Å². The fourth-order valence-corrected chi connectivity index (χ4v) is 4.66. The monoisotopic (exact) mass is 509 g/mol. The first-order chi connectivity index (χ1) is 16.8. The predicted octanol–water partition coefficient (Wildman–Crippen LogP) is 4.64. The highest BCUT2D eigenvalue weighted by molar-refractivity contribution is 7.02. The molecule has 1 saturated heterocycles. The normalized spacial score (nSPS) is 15.3. The van der Waals surface area contributed by atoms with Crippen molar-refractivity contribution >= 4 is 28.3 Å². The number of halogens is 4. The fourth-order valence-electron chi connectivity index (χ4n) is 4.14. The summed E-state index contributed by atoms with van der Waals surface area (Å²) in [6, 6.07) is 4.66. The third-order valence-corrected chi connectivity index (χ3v) is 6.29. The van der Waals surface area contributed by atoms with Crippen LogP contribution in [0.3, 0.4) is 0 Å². The summed E-state index contributed by atoms with van der Waals surface area (Å²) >= 11 is 0.875. The number of hydrogen-bond donors (Lipinski definition) is 1. The van der Waals surface area contributed by atoms with Crippen LogP contribution < -0.4 is 9.77 Å². The number of H-pyrrole nitrogens is 1. The molecule has 0 aliphatic carbocycles. The lowest BCUT2D eigenvalue weighted by Crippen LogP contribution is -2.34. The lowest BCUT2D eigenvalue weighted by Gasteiger charge is -2.33. The molecule has 0 amide bonds. The highest BCUT2D eigenvalue weighted by Crippen LogP contribution is 2.35. The molecule has 0 bridgehead atoms. The van der Waals surface area contributed by atoms with Gasteiger partial charge in [0.15, 0.2) is 17.2 Å². The van der Waals surface area contributed by atoms with Crippen molar-refractivity contribution in [2.75, 3.05) is 24.6 Å². The fraction of sp³-hybridized carbons (Fsp3) is 0.364. The van der Waals surface area contributed by atoms with E-state index in [1.54, 1.807) is 12.1 Å². The van der Waals surface area contributed by atoms with Gasteiger partial charge in [0.25, 0.3) is 0 Å². The number of nitrogens with one attached hydrogen (secondary N) is 1. The van der Waals surface area contributed by atoms with E-state index in [-0.39, 0.29) is 28.7 Å². The van der Waals surface area contributed by atoms with Gasteiger partial charge in [-0.15, -0.1) is 0 Å². The van der Waals surface area contributed by atoms with Crippen molar-refractivity contribution in [1.82, 2.24) is 19.3 Å². The maximum absolute atomic E-state index is 14.6. The van der Waals surface area contributed by atoms with Crippen molar-refractivity contribution in [2.45, 2.75) is 31.5 Å². The Balaban J connectivity index is 1.45. The van der Waals surface area contributed by atoms with E-state index < -0.39 is 18.6 Å². The topological polar surface area (TPSA) is 97.1 Å². The zero-order valence-electron chi connectivity index (χ0n) is 18.1. The van der Waals surface area contributed by atoms with Gasteiger partial charge in [0.1, 0.15) is 18.1 Å². The van der Waals surface area contributed by atoms with Crippen molar-refractivity contribution in [1.29, 1.82) is 0 Å². The summed E-state index contributed by atoms with van der Waals surface area (Å²) in [5, 5.41) is 0.552. The summed E-state index contributed by atoms with van der Waals surface area (Å²) in [6.07, 6.45) is -0.389. The van der Waals surface area contributed by atoms with Gasteiger partial charge in [-0.05, 0) is 31.0 Å². The van der Waals surface area contributed by atoms with Crippen LogP contribution >= 0.6 is 11.5 Å². The molecule has 3 aromatic heterocycles. The van der Waals surface area contributed by atoms with Gasteiger partial charge in [0, 0.05) is 41.5 Å². The highest BCUT2D eigenvalue weighted by Gasteiger charge is 2.29. The number of alkyl halides is 3. The Labute approximate surface area is 199 Å². The van der Waals surface area contributed by atoms with E-state index in [2.05, 4.69) is 19.3 Å². The standard InChI is InChI=1S/C22H19F4N5O3S/c23-16-8-14(7-13-3-6-34-18(13)16)17-20(28-15(9-27-17)10-33-11-22(24,25)26)31-4-1-12(2-5-31)19-29-21(32)35-30-19/h3,6-9,12H,1-2,4-5,10-11H2,(H,29,30,32). The molecule has 184 valence electrons. The summed E-state index contributed by atoms with van der Waals surface area (Å²) in [4.78, 5) is 24.9. The van der Waals surface area contributed by atoms with E-state index >= 15 is 0 Å². The number of hydrogen-bond acceptors (Lipinski definition) is 8. The molecule has 0 spiro atoms. The SMILES string of the molecule is O=c1[nH]c(C2CCN(c3nc(COCC(F)(F)F)cnc3-c3cc(F)c4occc4c3)CC2)ns1. The van der Waals surface area contributed by atoms with Crippen molar-refractivity contribution < 1.29 is 26.7 Å². The number of furan rings is 1. The summed E-state index contributed by atoms with van der Waals surface area (Å²) < 4.78 is 66.2. The molecule has 0 unspecified atom stereocenters. The van der Waals surface area contributed by atoms with Crippen molar-refractivity contribution in [3.8, 4) is 11.3 Å². The van der Waals surface area contributed by atoms with Crippen LogP contribution in [0.15, 0.2) is 39.9 Å². The van der Waals surface area contributed by atoms with Gasteiger partial charge in [-0.2, -0.15) is 17.5 Å². The molecule has 5 rings (SSSR count). The van der Waals surface area contributed by atoms with E-state index in [0.717, 1.165) is 11.5 Å². The van der Waals surface area contributed by atoms with Crippen molar-refractivity contribution in [2.24, 2.45) is 0 Å². The second-order valence-electron chi connectivity index (χ2n) is 8.18. The minimum absolute atomic E-state index is 0.0691. The molecule has 1 aliphatic heterocycles. The number of aromatic amines is 1. The number of nitrogens with zero attached hydrogens (tertiary/aromatic N) is 4. The average molecular weight is 509 g/mol. The van der Waals surface area contributed by atoms with Gasteiger partial charge in [0.2, 0.25) is 0 Å². The predicted molar refractivity (Wildman–Crippen MR) is 120 cm³/mol. The van der Waals surface area contributed by atoms with Crippen LogP contribution in [0.4, 0.5) is 23.4 Å². The first-order valence-corrected chi connectivity index (χ1v) is 11.5. The van der Waals surface area contributed by atoms with E-state index in [9.17, 15) is 22.4 Å². The first kappa shape index (κ1) is 23.4. The summed E-state index contributed by atoms with van der Waals surface area (Å²) in [5.74, 6) is 0.581. The number of fused-ring (bicyclic) bond motifs is 1. The second-order valence-corrected chi connectivity index (χ2v) is 8.92. The van der Waals surface area contributed by atoms with Crippen LogP contribution in [-0.4, -0.2) is 45.2 Å². The molecule has 8 nitrogen and oxygen atoms in total. The number of benzene rings is 1. The molecule has 1 aliphatic rings. The van der Waals surface area contributed by atoms with Crippen molar-refractivity contribution in [3.05, 3.63) is 57.7 Å². The van der Waals surface area contributed by atoms with Crippen LogP contribution in [0.1, 0.15) is 30.3 Å². The molecule has 1 aromatic carbocycles. The lowest BCUT2D eigenvalue weighted by molar-refractivity contribution is -0.176. The van der Waals surface area contributed by atoms with Gasteiger partial charge in [0.05, 0.1) is 24.8 Å². The van der Waals surface area contributed by atoms with Crippen LogP contribution in [0.5, 0.6) is 0 Å². The van der Waals surface area contributed by atoms with Crippen LogP contribution in [-0.2, 0) is 11.3 Å². The molecule has 0 atom stereocenters. The zero-order chi connectivity index (χ0) is 24.6. The third-order valence-electron chi connectivity index (χ3n) is 5.74. The number of rotatable bonds is 6. The second kappa shape index (κ2) is 9.38. The summed E-state index contributed by atoms with van der Waals surface area (Å²) in [7, 11) is 0. The van der Waals surface area contributed by atoms with Crippen LogP contribution in [0.25, 0.3) is 22.2 Å². The lowest BCUT2D eigenvalue weighted by atomic mass is 9.96. The number of aromatic nitrogens is 4. The molecule has 35 heavy (non-hydrogen) atoms. The zero-order valence-corrected chi connectivity index (χ0v) is 19.0. The minimum Gasteiger partial charge on any atom is -0.461 e. The average Bonchev–Trinajstić information content (AvgIpc) is 3.48. The van der Waals surface area contributed by atoms with E-state index in [1.165, 1.54) is 18.5 Å². The van der Waals surface area contributed by atoms with Gasteiger partial charge >= 0.3 is 11.0 Å². The largest absolute Gasteiger partial charge is 0.461 e. The number of ether oxygens (including phenoxy) is 1. The molecule has 1 N–H and O–H groups in total. The molecule has 1 fully saturated rings. The number of piperidine rings is 1. The Kier molecular flexibility index (Phi) is 6.28. The van der Waals surface area contributed by atoms with Gasteiger partial charge < -0.3 is 14.1 Å². The third kappa shape index (κ3) is 5.20. The Hall–Kier alpha value is -3.32. The smallest absolute Gasteiger partial charge is 0.411 e. The summed E-state index contributed by atoms with van der Waals surface area (Å²) in [5.41, 5.74) is 1.21. The number of anilines is 1. The van der Waals surface area contributed by atoms with E-state index in [0.29, 0.717) is 54.2 Å². The Morgan fingerprint density at radius 1 is 1.26 bits per heavy atom. The Morgan fingerprint density at radius 2 is 2.06 bits per heavy atom. The molecular weight excluding hydrogens is 490 g/mol. The quantitative estimate of drug-likeness (QED) is 0.379. The maximum Gasteiger partial charge on any atom is 0.411 e. The van der Waals surface area contributed by atoms with Gasteiger partial charge in [-0.3, -0.25) is 14.8 Å².